The quantitative estimate of drug-likeness (QED) is 0.593. The van der Waals surface area contributed by atoms with Gasteiger partial charge in [-0.05, 0) is 40.8 Å². The van der Waals surface area contributed by atoms with Crippen LogP contribution in [0.25, 0.3) is 6.08 Å². The maximum atomic E-state index is 11.8. The Bertz CT molecular complexity index is 730. The number of benzene rings is 2. The Morgan fingerprint density at radius 1 is 1.12 bits per heavy atom. The second-order valence-electron chi connectivity index (χ2n) is 6.77. The lowest BCUT2D eigenvalue weighted by Crippen LogP contribution is -2.26. The third kappa shape index (κ3) is 6.28. The van der Waals surface area contributed by atoms with E-state index in [1.54, 1.807) is 18.2 Å². The number of carbonyl (C=O) groups is 1. The number of carbonyl (C=O) groups excluding carboxylic acids is 1. The molecule has 0 atom stereocenters. The molecule has 2 rings (SSSR count). The molecule has 3 nitrogen and oxygen atoms in total. The fraction of sp³-hybridized carbons (Fsp3) is 0.286. The molecule has 1 amide bonds. The van der Waals surface area contributed by atoms with Gasteiger partial charge in [0.05, 0.1) is 6.54 Å². The van der Waals surface area contributed by atoms with Gasteiger partial charge in [-0.15, -0.1) is 0 Å². The van der Waals surface area contributed by atoms with E-state index in [1.165, 1.54) is 6.08 Å². The molecule has 1 N–H and O–H groups in total. The normalized spacial score (nSPS) is 11.5. The summed E-state index contributed by atoms with van der Waals surface area (Å²) < 4.78 is 5.84. The Balaban J connectivity index is 1.80. The number of para-hydroxylation sites is 1. The lowest BCUT2D eigenvalue weighted by molar-refractivity contribution is -0.116. The van der Waals surface area contributed by atoms with Gasteiger partial charge in [0.25, 0.3) is 0 Å². The molecule has 0 fully saturated rings. The van der Waals surface area contributed by atoms with Gasteiger partial charge in [-0.25, -0.2) is 0 Å². The van der Waals surface area contributed by atoms with Crippen molar-refractivity contribution in [2.75, 3.05) is 13.2 Å². The molecule has 0 aliphatic rings. The highest BCUT2D eigenvalue weighted by molar-refractivity contribution is 6.30. The van der Waals surface area contributed by atoms with E-state index >= 15 is 0 Å². The first-order valence-electron chi connectivity index (χ1n) is 8.30. The van der Waals surface area contributed by atoms with Gasteiger partial charge in [-0.3, -0.25) is 4.79 Å². The molecule has 2 aromatic carbocycles. The Morgan fingerprint density at radius 3 is 2.48 bits per heavy atom. The van der Waals surface area contributed by atoms with E-state index in [1.807, 2.05) is 30.3 Å². The highest BCUT2D eigenvalue weighted by Gasteiger charge is 2.18. The number of amides is 1. The zero-order valence-corrected chi connectivity index (χ0v) is 15.6. The molecule has 0 aromatic heterocycles. The molecule has 0 heterocycles. The number of halogens is 1. The number of nitrogens with one attached hydrogen (secondary N) is 1. The summed E-state index contributed by atoms with van der Waals surface area (Å²) in [4.78, 5) is 11.8. The summed E-state index contributed by atoms with van der Waals surface area (Å²) in [5.41, 5.74) is 2.10. The summed E-state index contributed by atoms with van der Waals surface area (Å²) in [5, 5.41) is 3.49. The van der Waals surface area contributed by atoms with Crippen LogP contribution in [0.1, 0.15) is 31.9 Å². The third-order valence-electron chi connectivity index (χ3n) is 3.65. The molecule has 0 radical (unpaired) electrons. The van der Waals surface area contributed by atoms with E-state index in [-0.39, 0.29) is 11.3 Å². The summed E-state index contributed by atoms with van der Waals surface area (Å²) in [6, 6.07) is 15.3. The molecule has 0 spiro atoms. The van der Waals surface area contributed by atoms with Crippen LogP contribution in [0.3, 0.4) is 0 Å². The van der Waals surface area contributed by atoms with Crippen molar-refractivity contribution in [3.8, 4) is 5.75 Å². The second kappa shape index (κ2) is 8.72. The van der Waals surface area contributed by atoms with Crippen LogP contribution < -0.4 is 10.1 Å². The smallest absolute Gasteiger partial charge is 0.244 e. The van der Waals surface area contributed by atoms with Crippen molar-refractivity contribution in [2.24, 2.45) is 0 Å². The van der Waals surface area contributed by atoms with Gasteiger partial charge in [0.15, 0.2) is 0 Å². The molecule has 25 heavy (non-hydrogen) atoms. The van der Waals surface area contributed by atoms with E-state index in [4.69, 9.17) is 16.3 Å². The zero-order valence-electron chi connectivity index (χ0n) is 14.9. The SMILES string of the molecule is CC(C)(C)c1ccccc1OCCNC(=O)/C=C/c1ccc(Cl)cc1. The average Bonchev–Trinajstić information content (AvgIpc) is 2.58. The largest absolute Gasteiger partial charge is 0.491 e. The molecule has 0 aliphatic carbocycles. The summed E-state index contributed by atoms with van der Waals surface area (Å²) in [5.74, 6) is 0.712. The van der Waals surface area contributed by atoms with Crippen LogP contribution in [0.15, 0.2) is 54.6 Å². The molecular formula is C21H24ClNO2. The Kier molecular flexibility index (Phi) is 6.65. The summed E-state index contributed by atoms with van der Waals surface area (Å²) in [6.07, 6.45) is 3.26. The van der Waals surface area contributed by atoms with E-state index in [2.05, 4.69) is 32.2 Å². The lowest BCUT2D eigenvalue weighted by atomic mass is 9.86. The Labute approximate surface area is 154 Å². The summed E-state index contributed by atoms with van der Waals surface area (Å²) >= 11 is 5.83. The van der Waals surface area contributed by atoms with Gasteiger partial charge < -0.3 is 10.1 Å². The maximum Gasteiger partial charge on any atom is 0.244 e. The topological polar surface area (TPSA) is 38.3 Å². The van der Waals surface area contributed by atoms with E-state index in [0.29, 0.717) is 18.2 Å². The van der Waals surface area contributed by atoms with Crippen molar-refractivity contribution in [1.29, 1.82) is 0 Å². The van der Waals surface area contributed by atoms with Gasteiger partial charge in [0, 0.05) is 11.1 Å². The summed E-state index contributed by atoms with van der Waals surface area (Å²) in [6.45, 7) is 7.32. The minimum atomic E-state index is -0.150. The van der Waals surface area contributed by atoms with Gasteiger partial charge in [0.1, 0.15) is 12.4 Å². The molecule has 2 aromatic rings. The van der Waals surface area contributed by atoms with Crippen LogP contribution in [0.4, 0.5) is 0 Å². The van der Waals surface area contributed by atoms with Crippen LogP contribution in [-0.4, -0.2) is 19.1 Å². The number of hydrogen-bond donors (Lipinski definition) is 1. The van der Waals surface area contributed by atoms with Crippen molar-refractivity contribution in [3.05, 3.63) is 70.8 Å². The lowest BCUT2D eigenvalue weighted by Gasteiger charge is -2.22. The van der Waals surface area contributed by atoms with Crippen molar-refractivity contribution < 1.29 is 9.53 Å². The standard InChI is InChI=1S/C21H24ClNO2/c1-21(2,3)18-6-4-5-7-19(18)25-15-14-23-20(24)13-10-16-8-11-17(22)12-9-16/h4-13H,14-15H2,1-3H3,(H,23,24)/b13-10+. The minimum Gasteiger partial charge on any atom is -0.491 e. The minimum absolute atomic E-state index is 0.0150. The molecule has 0 saturated carbocycles. The first kappa shape index (κ1) is 19.1. The van der Waals surface area contributed by atoms with Gasteiger partial charge in [-0.2, -0.15) is 0 Å². The van der Waals surface area contributed by atoms with Crippen molar-refractivity contribution in [1.82, 2.24) is 5.32 Å². The van der Waals surface area contributed by atoms with Crippen LogP contribution in [0, 0.1) is 0 Å². The van der Waals surface area contributed by atoms with Crippen molar-refractivity contribution in [2.45, 2.75) is 26.2 Å². The molecule has 0 aliphatic heterocycles. The van der Waals surface area contributed by atoms with Gasteiger partial charge in [-0.1, -0.05) is 62.7 Å². The van der Waals surface area contributed by atoms with Gasteiger partial charge in [0.2, 0.25) is 5.91 Å². The predicted octanol–water partition coefficient (Wildman–Crippen LogP) is 4.85. The average molecular weight is 358 g/mol. The molecule has 4 heteroatoms. The maximum absolute atomic E-state index is 11.8. The van der Waals surface area contributed by atoms with Crippen LogP contribution >= 0.6 is 11.6 Å². The van der Waals surface area contributed by atoms with Gasteiger partial charge >= 0.3 is 0 Å². The van der Waals surface area contributed by atoms with Crippen LogP contribution in [0.5, 0.6) is 5.75 Å². The van der Waals surface area contributed by atoms with Crippen molar-refractivity contribution >= 4 is 23.6 Å². The molecule has 132 valence electrons. The van der Waals surface area contributed by atoms with E-state index < -0.39 is 0 Å². The molecule has 0 unspecified atom stereocenters. The highest BCUT2D eigenvalue weighted by atomic mass is 35.5. The first-order chi connectivity index (χ1) is 11.9. The number of ether oxygens (including phenoxy) is 1. The molecular weight excluding hydrogens is 334 g/mol. The number of hydrogen-bond acceptors (Lipinski definition) is 2. The van der Waals surface area contributed by atoms with Crippen LogP contribution in [0.2, 0.25) is 5.02 Å². The van der Waals surface area contributed by atoms with Crippen molar-refractivity contribution in [3.63, 3.8) is 0 Å². The Morgan fingerprint density at radius 2 is 1.80 bits per heavy atom. The van der Waals surface area contributed by atoms with Crippen LogP contribution in [-0.2, 0) is 10.2 Å². The Hall–Kier alpha value is -2.26. The fourth-order valence-electron chi connectivity index (χ4n) is 2.35. The zero-order chi connectivity index (χ0) is 18.3. The summed E-state index contributed by atoms with van der Waals surface area (Å²) in [7, 11) is 0. The predicted molar refractivity (Wildman–Crippen MR) is 104 cm³/mol. The fourth-order valence-corrected chi connectivity index (χ4v) is 2.48. The first-order valence-corrected chi connectivity index (χ1v) is 8.68. The molecule has 0 bridgehead atoms. The van der Waals surface area contributed by atoms with E-state index in [0.717, 1.165) is 16.9 Å². The monoisotopic (exact) mass is 357 g/mol. The molecule has 0 saturated heterocycles. The second-order valence-corrected chi connectivity index (χ2v) is 7.21. The van der Waals surface area contributed by atoms with E-state index in [9.17, 15) is 4.79 Å². The third-order valence-corrected chi connectivity index (χ3v) is 3.90. The number of rotatable bonds is 6. The highest BCUT2D eigenvalue weighted by Crippen LogP contribution is 2.30.